The van der Waals surface area contributed by atoms with Gasteiger partial charge in [-0.3, -0.25) is 9.59 Å². The summed E-state index contributed by atoms with van der Waals surface area (Å²) >= 11 is 1.74. The molecule has 1 spiro atoms. The zero-order chi connectivity index (χ0) is 15.5. The van der Waals surface area contributed by atoms with Crippen LogP contribution < -0.4 is 5.32 Å². The van der Waals surface area contributed by atoms with Crippen LogP contribution >= 0.6 is 11.8 Å². The molecule has 1 saturated heterocycles. The SMILES string of the molecule is CCC1(CC)NC(=O)C2(CCCCC2)N(CCSC)C1=O. The zero-order valence-electron chi connectivity index (χ0n) is 13.5. The predicted molar refractivity (Wildman–Crippen MR) is 87.4 cm³/mol. The highest BCUT2D eigenvalue weighted by atomic mass is 32.2. The van der Waals surface area contributed by atoms with Crippen LogP contribution in [0.4, 0.5) is 0 Å². The Balaban J connectivity index is 2.37. The van der Waals surface area contributed by atoms with E-state index in [-0.39, 0.29) is 11.8 Å². The first-order valence-electron chi connectivity index (χ1n) is 8.20. The molecule has 0 aromatic carbocycles. The number of hydrogen-bond donors (Lipinski definition) is 1. The highest BCUT2D eigenvalue weighted by molar-refractivity contribution is 7.98. The smallest absolute Gasteiger partial charge is 0.249 e. The second kappa shape index (κ2) is 6.59. The van der Waals surface area contributed by atoms with Gasteiger partial charge in [-0.15, -0.1) is 0 Å². The molecule has 2 amide bonds. The van der Waals surface area contributed by atoms with Gasteiger partial charge in [0.1, 0.15) is 11.1 Å². The molecule has 5 heteroatoms. The van der Waals surface area contributed by atoms with Crippen molar-refractivity contribution in [3.63, 3.8) is 0 Å². The lowest BCUT2D eigenvalue weighted by atomic mass is 9.74. The molecule has 120 valence electrons. The third-order valence-corrected chi connectivity index (χ3v) is 5.94. The van der Waals surface area contributed by atoms with Crippen molar-refractivity contribution >= 4 is 23.6 Å². The number of nitrogens with one attached hydrogen (secondary N) is 1. The molecule has 0 aromatic rings. The molecule has 1 saturated carbocycles. The molecule has 0 atom stereocenters. The van der Waals surface area contributed by atoms with Crippen molar-refractivity contribution in [3.8, 4) is 0 Å². The second-order valence-corrected chi connectivity index (χ2v) is 7.27. The highest BCUT2D eigenvalue weighted by Crippen LogP contribution is 2.40. The van der Waals surface area contributed by atoms with Gasteiger partial charge in [0.15, 0.2) is 0 Å². The average Bonchev–Trinajstić information content (AvgIpc) is 2.52. The van der Waals surface area contributed by atoms with Crippen molar-refractivity contribution in [1.82, 2.24) is 10.2 Å². The monoisotopic (exact) mass is 312 g/mol. The summed E-state index contributed by atoms with van der Waals surface area (Å²) in [5, 5.41) is 3.11. The van der Waals surface area contributed by atoms with Gasteiger partial charge in [-0.05, 0) is 31.9 Å². The summed E-state index contributed by atoms with van der Waals surface area (Å²) in [6.07, 6.45) is 8.29. The minimum absolute atomic E-state index is 0.0894. The maximum atomic E-state index is 13.1. The van der Waals surface area contributed by atoms with E-state index in [1.54, 1.807) is 11.8 Å². The maximum absolute atomic E-state index is 13.1. The molecular weight excluding hydrogens is 284 g/mol. The van der Waals surface area contributed by atoms with Crippen molar-refractivity contribution in [2.75, 3.05) is 18.6 Å². The highest BCUT2D eigenvalue weighted by Gasteiger charge is 2.56. The maximum Gasteiger partial charge on any atom is 0.249 e. The van der Waals surface area contributed by atoms with E-state index in [1.165, 1.54) is 6.42 Å². The molecule has 0 aromatic heterocycles. The van der Waals surface area contributed by atoms with Crippen LogP contribution in [-0.4, -0.2) is 46.3 Å². The lowest BCUT2D eigenvalue weighted by Gasteiger charge is -2.53. The summed E-state index contributed by atoms with van der Waals surface area (Å²) in [4.78, 5) is 28.0. The summed E-state index contributed by atoms with van der Waals surface area (Å²) < 4.78 is 0. The van der Waals surface area contributed by atoms with Crippen LogP contribution in [0.1, 0.15) is 58.8 Å². The van der Waals surface area contributed by atoms with E-state index < -0.39 is 11.1 Å². The number of piperazine rings is 1. The van der Waals surface area contributed by atoms with Gasteiger partial charge in [-0.1, -0.05) is 33.1 Å². The van der Waals surface area contributed by atoms with Crippen molar-refractivity contribution in [3.05, 3.63) is 0 Å². The molecule has 0 radical (unpaired) electrons. The van der Waals surface area contributed by atoms with E-state index >= 15 is 0 Å². The number of nitrogens with zero attached hydrogens (tertiary/aromatic N) is 1. The fourth-order valence-electron chi connectivity index (χ4n) is 3.82. The minimum Gasteiger partial charge on any atom is -0.340 e. The summed E-state index contributed by atoms with van der Waals surface area (Å²) in [7, 11) is 0. The summed E-state index contributed by atoms with van der Waals surface area (Å²) in [5.74, 6) is 1.12. The Morgan fingerprint density at radius 3 is 2.29 bits per heavy atom. The fraction of sp³-hybridized carbons (Fsp3) is 0.875. The van der Waals surface area contributed by atoms with Crippen LogP contribution in [0.2, 0.25) is 0 Å². The van der Waals surface area contributed by atoms with Gasteiger partial charge in [0.2, 0.25) is 11.8 Å². The van der Waals surface area contributed by atoms with Crippen molar-refractivity contribution in [1.29, 1.82) is 0 Å². The molecule has 1 N–H and O–H groups in total. The van der Waals surface area contributed by atoms with Gasteiger partial charge >= 0.3 is 0 Å². The molecule has 2 aliphatic rings. The first-order valence-corrected chi connectivity index (χ1v) is 9.59. The summed E-state index contributed by atoms with van der Waals surface area (Å²) in [5.41, 5.74) is -1.25. The van der Waals surface area contributed by atoms with Crippen molar-refractivity contribution < 1.29 is 9.59 Å². The molecule has 21 heavy (non-hydrogen) atoms. The van der Waals surface area contributed by atoms with Crippen LogP contribution in [0, 0.1) is 0 Å². The number of carbonyl (C=O) groups excluding carboxylic acids is 2. The number of rotatable bonds is 5. The molecule has 0 bridgehead atoms. The van der Waals surface area contributed by atoms with Crippen LogP contribution in [-0.2, 0) is 9.59 Å². The van der Waals surface area contributed by atoms with Gasteiger partial charge in [0.25, 0.3) is 0 Å². The first-order chi connectivity index (χ1) is 10.1. The summed E-state index contributed by atoms with van der Waals surface area (Å²) in [6, 6.07) is 0. The van der Waals surface area contributed by atoms with Crippen LogP contribution in [0.5, 0.6) is 0 Å². The zero-order valence-corrected chi connectivity index (χ0v) is 14.4. The van der Waals surface area contributed by atoms with E-state index in [9.17, 15) is 9.59 Å². The second-order valence-electron chi connectivity index (χ2n) is 6.29. The Hall–Kier alpha value is -0.710. The van der Waals surface area contributed by atoms with Crippen molar-refractivity contribution in [2.45, 2.75) is 69.9 Å². The molecule has 0 unspecified atom stereocenters. The standard InChI is InChI=1S/C16H28N2O2S/c1-4-15(5-2)14(20)18(11-12-21-3)16(13(19)17-15)9-7-6-8-10-16/h4-12H2,1-3H3,(H,17,19). The molecule has 1 heterocycles. The van der Waals surface area contributed by atoms with Crippen LogP contribution in [0.25, 0.3) is 0 Å². The van der Waals surface area contributed by atoms with Crippen molar-refractivity contribution in [2.24, 2.45) is 0 Å². The van der Waals surface area contributed by atoms with E-state index in [4.69, 9.17) is 0 Å². The van der Waals surface area contributed by atoms with Gasteiger partial charge < -0.3 is 10.2 Å². The van der Waals surface area contributed by atoms with Gasteiger partial charge in [0, 0.05) is 12.3 Å². The average molecular weight is 312 g/mol. The van der Waals surface area contributed by atoms with Crippen LogP contribution in [0.15, 0.2) is 0 Å². The Morgan fingerprint density at radius 2 is 1.76 bits per heavy atom. The Bertz CT molecular complexity index is 401. The lowest BCUT2D eigenvalue weighted by Crippen LogP contribution is -2.76. The molecule has 4 nitrogen and oxygen atoms in total. The van der Waals surface area contributed by atoms with E-state index in [1.807, 2.05) is 18.7 Å². The quantitative estimate of drug-likeness (QED) is 0.849. The number of amides is 2. The molecular formula is C16H28N2O2S. The predicted octanol–water partition coefficient (Wildman–Crippen LogP) is 2.57. The topological polar surface area (TPSA) is 49.4 Å². The molecule has 1 aliphatic heterocycles. The number of hydrogen-bond acceptors (Lipinski definition) is 3. The third kappa shape index (κ3) is 2.69. The Kier molecular flexibility index (Phi) is 5.23. The van der Waals surface area contributed by atoms with Crippen LogP contribution in [0.3, 0.4) is 0 Å². The molecule has 2 rings (SSSR count). The molecule has 2 fully saturated rings. The number of thioether (sulfide) groups is 1. The first kappa shape index (κ1) is 16.7. The normalized spacial score (nSPS) is 24.2. The Morgan fingerprint density at radius 1 is 1.14 bits per heavy atom. The van der Waals surface area contributed by atoms with Gasteiger partial charge in [-0.2, -0.15) is 11.8 Å². The van der Waals surface area contributed by atoms with E-state index in [2.05, 4.69) is 11.6 Å². The number of carbonyl (C=O) groups is 2. The Labute approximate surface area is 132 Å². The lowest BCUT2D eigenvalue weighted by molar-refractivity contribution is -0.165. The molecule has 1 aliphatic carbocycles. The largest absolute Gasteiger partial charge is 0.340 e. The van der Waals surface area contributed by atoms with E-state index in [0.29, 0.717) is 19.4 Å². The van der Waals surface area contributed by atoms with Gasteiger partial charge in [-0.25, -0.2) is 0 Å². The fourth-order valence-corrected chi connectivity index (χ4v) is 4.19. The summed E-state index contributed by atoms with van der Waals surface area (Å²) in [6.45, 7) is 4.68. The van der Waals surface area contributed by atoms with Gasteiger partial charge in [0.05, 0.1) is 0 Å². The third-order valence-electron chi connectivity index (χ3n) is 5.35. The minimum atomic E-state index is -0.682. The van der Waals surface area contributed by atoms with E-state index in [0.717, 1.165) is 31.4 Å².